The van der Waals surface area contributed by atoms with Crippen LogP contribution in [0.1, 0.15) is 11.1 Å². The molecular weight excluding hydrogens is 490 g/mol. The van der Waals surface area contributed by atoms with Gasteiger partial charge in [-0.15, -0.1) is 10.2 Å². The summed E-state index contributed by atoms with van der Waals surface area (Å²) in [7, 11) is 4.60. The predicted molar refractivity (Wildman–Crippen MR) is 144 cm³/mol. The van der Waals surface area contributed by atoms with Crippen molar-refractivity contribution in [1.82, 2.24) is 20.2 Å². The molecule has 0 radical (unpaired) electrons. The summed E-state index contributed by atoms with van der Waals surface area (Å²) in [6.45, 7) is 2.03. The minimum absolute atomic E-state index is 0.0964. The third kappa shape index (κ3) is 5.92. The van der Waals surface area contributed by atoms with Crippen LogP contribution in [-0.4, -0.2) is 54.0 Å². The molecule has 0 atom stereocenters. The van der Waals surface area contributed by atoms with Crippen molar-refractivity contribution >= 4 is 23.9 Å². The number of carbonyl (C=O) groups excluding carboxylic acids is 1. The third-order valence-corrected chi connectivity index (χ3v) is 6.35. The Bertz CT molecular complexity index is 1390. The zero-order chi connectivity index (χ0) is 26.2. The number of hydrogen-bond donors (Lipinski definition) is 1. The molecule has 190 valence electrons. The number of methoxy groups -OCH3 is 3. The fourth-order valence-electron chi connectivity index (χ4n) is 3.63. The summed E-state index contributed by atoms with van der Waals surface area (Å²) in [5.41, 5.74) is 6.17. The molecule has 4 aromatic rings. The number of hydrazone groups is 1. The number of ether oxygens (including phenoxy) is 3. The summed E-state index contributed by atoms with van der Waals surface area (Å²) in [4.78, 5) is 12.6. The number of amides is 1. The number of carbonyl (C=O) groups is 1. The number of benzene rings is 3. The van der Waals surface area contributed by atoms with E-state index in [1.54, 1.807) is 19.2 Å². The van der Waals surface area contributed by atoms with Crippen LogP contribution >= 0.6 is 11.8 Å². The second kappa shape index (κ2) is 12.1. The number of aromatic nitrogens is 3. The molecule has 1 aromatic heterocycles. The Morgan fingerprint density at radius 2 is 1.68 bits per heavy atom. The quantitative estimate of drug-likeness (QED) is 0.188. The Morgan fingerprint density at radius 3 is 2.35 bits per heavy atom. The summed E-state index contributed by atoms with van der Waals surface area (Å²) in [5, 5.41) is 13.5. The molecule has 10 heteroatoms. The van der Waals surface area contributed by atoms with Crippen LogP contribution in [0.4, 0.5) is 0 Å². The average molecular weight is 518 g/mol. The van der Waals surface area contributed by atoms with E-state index in [-0.39, 0.29) is 11.7 Å². The van der Waals surface area contributed by atoms with Crippen LogP contribution in [0.15, 0.2) is 77.0 Å². The molecule has 9 nitrogen and oxygen atoms in total. The summed E-state index contributed by atoms with van der Waals surface area (Å²) in [5.74, 6) is 1.93. The van der Waals surface area contributed by atoms with E-state index in [1.807, 2.05) is 66.1 Å². The lowest BCUT2D eigenvalue weighted by Crippen LogP contribution is -2.20. The molecule has 3 aromatic carbocycles. The molecule has 0 saturated heterocycles. The molecule has 1 heterocycles. The van der Waals surface area contributed by atoms with E-state index in [9.17, 15) is 4.79 Å². The van der Waals surface area contributed by atoms with E-state index < -0.39 is 0 Å². The lowest BCUT2D eigenvalue weighted by atomic mass is 10.2. The Morgan fingerprint density at radius 1 is 0.946 bits per heavy atom. The van der Waals surface area contributed by atoms with Crippen LogP contribution in [0, 0.1) is 6.92 Å². The highest BCUT2D eigenvalue weighted by molar-refractivity contribution is 7.99. The third-order valence-electron chi connectivity index (χ3n) is 5.42. The van der Waals surface area contributed by atoms with Crippen molar-refractivity contribution in [1.29, 1.82) is 0 Å². The Balaban J connectivity index is 1.49. The second-order valence-electron chi connectivity index (χ2n) is 7.85. The first-order valence-corrected chi connectivity index (χ1v) is 12.4. The van der Waals surface area contributed by atoms with Gasteiger partial charge in [0.2, 0.25) is 5.75 Å². The van der Waals surface area contributed by atoms with E-state index in [0.29, 0.717) is 33.8 Å². The zero-order valence-corrected chi connectivity index (χ0v) is 21.8. The molecule has 0 aliphatic carbocycles. The van der Waals surface area contributed by atoms with Crippen LogP contribution < -0.4 is 19.6 Å². The van der Waals surface area contributed by atoms with Crippen molar-refractivity contribution in [3.8, 4) is 34.3 Å². The highest BCUT2D eigenvalue weighted by atomic mass is 32.2. The molecule has 0 unspecified atom stereocenters. The van der Waals surface area contributed by atoms with E-state index in [1.165, 1.54) is 32.2 Å². The van der Waals surface area contributed by atoms with E-state index >= 15 is 0 Å². The van der Waals surface area contributed by atoms with Gasteiger partial charge in [-0.05, 0) is 31.2 Å². The number of aryl methyl sites for hydroxylation is 1. The maximum Gasteiger partial charge on any atom is 0.250 e. The van der Waals surface area contributed by atoms with Crippen molar-refractivity contribution in [3.63, 3.8) is 0 Å². The van der Waals surface area contributed by atoms with Crippen molar-refractivity contribution < 1.29 is 19.0 Å². The Kier molecular flexibility index (Phi) is 8.42. The van der Waals surface area contributed by atoms with Crippen molar-refractivity contribution in [2.75, 3.05) is 27.1 Å². The van der Waals surface area contributed by atoms with Crippen LogP contribution in [0.2, 0.25) is 0 Å². The summed E-state index contributed by atoms with van der Waals surface area (Å²) >= 11 is 1.28. The van der Waals surface area contributed by atoms with Crippen LogP contribution in [0.3, 0.4) is 0 Å². The molecule has 0 aliphatic rings. The van der Waals surface area contributed by atoms with Gasteiger partial charge in [0.05, 0.1) is 33.3 Å². The van der Waals surface area contributed by atoms with Gasteiger partial charge in [-0.25, -0.2) is 5.43 Å². The van der Waals surface area contributed by atoms with Gasteiger partial charge < -0.3 is 14.2 Å². The van der Waals surface area contributed by atoms with Gasteiger partial charge in [0.25, 0.3) is 5.91 Å². The largest absolute Gasteiger partial charge is 0.493 e. The molecule has 0 aliphatic heterocycles. The molecule has 0 bridgehead atoms. The molecule has 37 heavy (non-hydrogen) atoms. The van der Waals surface area contributed by atoms with Crippen LogP contribution in [-0.2, 0) is 4.79 Å². The SMILES string of the molecule is COc1ccc(C=NNC(=O)CSc2nnc(-c3ccccc3)n2-c2ccc(C)cc2)c(OC)c1OC. The molecule has 4 rings (SSSR count). The van der Waals surface area contributed by atoms with Gasteiger partial charge in [-0.1, -0.05) is 59.8 Å². The van der Waals surface area contributed by atoms with Crippen LogP contribution in [0.5, 0.6) is 17.2 Å². The summed E-state index contributed by atoms with van der Waals surface area (Å²) in [6, 6.07) is 21.4. The Hall–Kier alpha value is -4.31. The van der Waals surface area contributed by atoms with Gasteiger partial charge in [-0.2, -0.15) is 5.10 Å². The fraction of sp³-hybridized carbons (Fsp3) is 0.185. The first-order chi connectivity index (χ1) is 18.0. The highest BCUT2D eigenvalue weighted by Crippen LogP contribution is 2.39. The smallest absolute Gasteiger partial charge is 0.250 e. The standard InChI is InChI=1S/C27H27N5O4S/c1-18-10-13-21(14-11-18)32-26(19-8-6-5-7-9-19)30-31-27(32)37-17-23(33)29-28-16-20-12-15-22(34-2)25(36-4)24(20)35-3/h5-16H,17H2,1-4H3,(H,29,33). The molecule has 0 fully saturated rings. The minimum Gasteiger partial charge on any atom is -0.493 e. The maximum atomic E-state index is 12.6. The lowest BCUT2D eigenvalue weighted by Gasteiger charge is -2.13. The lowest BCUT2D eigenvalue weighted by molar-refractivity contribution is -0.118. The normalized spacial score (nSPS) is 10.9. The first-order valence-electron chi connectivity index (χ1n) is 11.4. The molecular formula is C27H27N5O4S. The molecule has 0 spiro atoms. The van der Waals surface area contributed by atoms with E-state index in [4.69, 9.17) is 14.2 Å². The molecule has 1 N–H and O–H groups in total. The topological polar surface area (TPSA) is 99.9 Å². The second-order valence-corrected chi connectivity index (χ2v) is 8.79. The van der Waals surface area contributed by atoms with Gasteiger partial charge in [-0.3, -0.25) is 9.36 Å². The number of hydrogen-bond acceptors (Lipinski definition) is 8. The Labute approximate surface area is 219 Å². The van der Waals surface area contributed by atoms with E-state index in [0.717, 1.165) is 16.8 Å². The van der Waals surface area contributed by atoms with E-state index in [2.05, 4.69) is 20.7 Å². The monoisotopic (exact) mass is 517 g/mol. The number of nitrogens with zero attached hydrogens (tertiary/aromatic N) is 4. The average Bonchev–Trinajstić information content (AvgIpc) is 3.36. The highest BCUT2D eigenvalue weighted by Gasteiger charge is 2.18. The predicted octanol–water partition coefficient (Wildman–Crippen LogP) is 4.51. The first kappa shape index (κ1) is 25.8. The van der Waals surface area contributed by atoms with Gasteiger partial charge in [0.1, 0.15) is 0 Å². The number of nitrogens with one attached hydrogen (secondary N) is 1. The number of thioether (sulfide) groups is 1. The van der Waals surface area contributed by atoms with Crippen molar-refractivity contribution in [3.05, 3.63) is 77.9 Å². The van der Waals surface area contributed by atoms with Gasteiger partial charge in [0, 0.05) is 16.8 Å². The number of rotatable bonds is 10. The van der Waals surface area contributed by atoms with Crippen LogP contribution in [0.25, 0.3) is 17.1 Å². The van der Waals surface area contributed by atoms with Crippen molar-refractivity contribution in [2.45, 2.75) is 12.1 Å². The summed E-state index contributed by atoms with van der Waals surface area (Å²) < 4.78 is 18.1. The molecule has 1 amide bonds. The molecule has 0 saturated carbocycles. The maximum absolute atomic E-state index is 12.6. The summed E-state index contributed by atoms with van der Waals surface area (Å²) in [6.07, 6.45) is 1.49. The van der Waals surface area contributed by atoms with Gasteiger partial charge in [0.15, 0.2) is 22.5 Å². The van der Waals surface area contributed by atoms with Gasteiger partial charge >= 0.3 is 0 Å². The van der Waals surface area contributed by atoms with Crippen molar-refractivity contribution in [2.24, 2.45) is 5.10 Å². The zero-order valence-electron chi connectivity index (χ0n) is 21.0. The minimum atomic E-state index is -0.291. The fourth-order valence-corrected chi connectivity index (χ4v) is 4.37.